The first-order chi connectivity index (χ1) is 10.7. The maximum absolute atomic E-state index is 9.24. The van der Waals surface area contributed by atoms with Gasteiger partial charge in [0.15, 0.2) is 0 Å². The average Bonchev–Trinajstić information content (AvgIpc) is 3.14. The third-order valence-corrected chi connectivity index (χ3v) is 4.10. The molecule has 0 unspecified atom stereocenters. The molecule has 0 bridgehead atoms. The van der Waals surface area contributed by atoms with E-state index < -0.39 is 0 Å². The van der Waals surface area contributed by atoms with Crippen LogP contribution in [0.15, 0.2) is 62.7 Å². The number of aromatic nitrogens is 1. The lowest BCUT2D eigenvalue weighted by Crippen LogP contribution is -2.16. The maximum atomic E-state index is 9.24. The van der Waals surface area contributed by atoms with Gasteiger partial charge in [-0.15, -0.1) is 16.4 Å². The zero-order chi connectivity index (χ0) is 15.4. The summed E-state index contributed by atoms with van der Waals surface area (Å²) in [5.41, 5.74) is 1.99. The Kier molecular flexibility index (Phi) is 4.20. The van der Waals surface area contributed by atoms with Crippen molar-refractivity contribution in [3.63, 3.8) is 0 Å². The molecule has 0 aliphatic rings. The molecule has 0 spiro atoms. The SMILES string of the molecule is Cc1cs/c(=N/N=C/c2ccc(O)cc2)n1Cc1ccco1. The van der Waals surface area contributed by atoms with Crippen LogP contribution >= 0.6 is 11.3 Å². The number of phenols is 1. The van der Waals surface area contributed by atoms with Crippen molar-refractivity contribution in [1.82, 2.24) is 4.57 Å². The lowest BCUT2D eigenvalue weighted by Gasteiger charge is -2.02. The van der Waals surface area contributed by atoms with Crippen LogP contribution in [0, 0.1) is 6.92 Å². The zero-order valence-electron chi connectivity index (χ0n) is 12.0. The second-order valence-electron chi connectivity index (χ2n) is 4.76. The second-order valence-corrected chi connectivity index (χ2v) is 5.60. The Balaban J connectivity index is 1.83. The van der Waals surface area contributed by atoms with Crippen molar-refractivity contribution in [3.05, 3.63) is 69.9 Å². The van der Waals surface area contributed by atoms with Gasteiger partial charge in [0.2, 0.25) is 4.80 Å². The molecule has 1 N–H and O–H groups in total. The van der Waals surface area contributed by atoms with Crippen LogP contribution in [0.2, 0.25) is 0 Å². The van der Waals surface area contributed by atoms with Crippen molar-refractivity contribution < 1.29 is 9.52 Å². The molecular weight excluding hydrogens is 298 g/mol. The van der Waals surface area contributed by atoms with Gasteiger partial charge in [0.05, 0.1) is 19.0 Å². The van der Waals surface area contributed by atoms with Gasteiger partial charge in [0.25, 0.3) is 0 Å². The molecule has 0 fully saturated rings. The molecule has 0 aliphatic carbocycles. The number of rotatable bonds is 4. The lowest BCUT2D eigenvalue weighted by molar-refractivity contribution is 0.475. The molecule has 0 saturated heterocycles. The molecular formula is C16H15N3O2S. The minimum Gasteiger partial charge on any atom is -0.508 e. The number of hydrogen-bond donors (Lipinski definition) is 1. The minimum atomic E-state index is 0.235. The number of nitrogens with zero attached hydrogens (tertiary/aromatic N) is 3. The van der Waals surface area contributed by atoms with Crippen molar-refractivity contribution in [1.29, 1.82) is 0 Å². The standard InChI is InChI=1S/C16H15N3O2S/c1-12-11-22-16(19(12)10-15-3-2-8-21-15)18-17-9-13-4-6-14(20)7-5-13/h2-9,11,20H,10H2,1H3/b17-9+,18-16+. The summed E-state index contributed by atoms with van der Waals surface area (Å²) in [6.07, 6.45) is 3.32. The van der Waals surface area contributed by atoms with E-state index >= 15 is 0 Å². The molecule has 3 aromatic rings. The number of furan rings is 1. The molecule has 1 aromatic carbocycles. The Bertz CT molecular complexity index is 827. The number of benzene rings is 1. The molecule has 112 valence electrons. The smallest absolute Gasteiger partial charge is 0.211 e. The van der Waals surface area contributed by atoms with E-state index in [0.29, 0.717) is 6.54 Å². The first-order valence-electron chi connectivity index (χ1n) is 6.76. The molecule has 0 amide bonds. The van der Waals surface area contributed by atoms with E-state index in [1.807, 2.05) is 24.4 Å². The molecule has 0 aliphatic heterocycles. The van der Waals surface area contributed by atoms with Crippen LogP contribution in [-0.2, 0) is 6.54 Å². The van der Waals surface area contributed by atoms with Crippen molar-refractivity contribution in [2.24, 2.45) is 10.2 Å². The largest absolute Gasteiger partial charge is 0.508 e. The van der Waals surface area contributed by atoms with E-state index in [-0.39, 0.29) is 5.75 Å². The Morgan fingerprint density at radius 3 is 2.82 bits per heavy atom. The number of aromatic hydroxyl groups is 1. The highest BCUT2D eigenvalue weighted by Gasteiger charge is 2.04. The van der Waals surface area contributed by atoms with E-state index in [9.17, 15) is 5.11 Å². The van der Waals surface area contributed by atoms with Crippen LogP contribution in [0.3, 0.4) is 0 Å². The first kappa shape index (κ1) is 14.3. The van der Waals surface area contributed by atoms with Gasteiger partial charge < -0.3 is 14.1 Å². The van der Waals surface area contributed by atoms with Gasteiger partial charge in [-0.25, -0.2) is 0 Å². The fourth-order valence-electron chi connectivity index (χ4n) is 1.95. The number of hydrogen-bond acceptors (Lipinski definition) is 5. The number of thiazole rings is 1. The van der Waals surface area contributed by atoms with Crippen LogP contribution in [-0.4, -0.2) is 15.9 Å². The van der Waals surface area contributed by atoms with Gasteiger partial charge in [0, 0.05) is 11.1 Å². The highest BCUT2D eigenvalue weighted by atomic mass is 32.1. The Morgan fingerprint density at radius 2 is 2.09 bits per heavy atom. The lowest BCUT2D eigenvalue weighted by atomic mass is 10.2. The van der Waals surface area contributed by atoms with Crippen molar-refractivity contribution in [3.8, 4) is 5.75 Å². The first-order valence-corrected chi connectivity index (χ1v) is 7.64. The third kappa shape index (κ3) is 3.35. The molecule has 0 atom stereocenters. The van der Waals surface area contributed by atoms with Gasteiger partial charge in [-0.05, 0) is 48.9 Å². The summed E-state index contributed by atoms with van der Waals surface area (Å²) < 4.78 is 7.44. The summed E-state index contributed by atoms with van der Waals surface area (Å²) in [6.45, 7) is 2.66. The predicted octanol–water partition coefficient (Wildman–Crippen LogP) is 3.14. The van der Waals surface area contributed by atoms with Gasteiger partial charge >= 0.3 is 0 Å². The van der Waals surface area contributed by atoms with E-state index in [1.54, 1.807) is 36.7 Å². The highest BCUT2D eigenvalue weighted by molar-refractivity contribution is 7.07. The van der Waals surface area contributed by atoms with Crippen LogP contribution < -0.4 is 4.80 Å². The summed E-state index contributed by atoms with van der Waals surface area (Å²) in [7, 11) is 0. The van der Waals surface area contributed by atoms with Crippen LogP contribution in [0.1, 0.15) is 17.0 Å². The topological polar surface area (TPSA) is 63.0 Å². The second kappa shape index (κ2) is 6.44. The molecule has 0 radical (unpaired) electrons. The summed E-state index contributed by atoms with van der Waals surface area (Å²) in [5.74, 6) is 1.12. The third-order valence-electron chi connectivity index (χ3n) is 3.13. The van der Waals surface area contributed by atoms with Gasteiger partial charge in [-0.1, -0.05) is 0 Å². The number of aryl methyl sites for hydroxylation is 1. The summed E-state index contributed by atoms with van der Waals surface area (Å²) in [4.78, 5) is 0.809. The predicted molar refractivity (Wildman–Crippen MR) is 86.1 cm³/mol. The monoisotopic (exact) mass is 313 g/mol. The van der Waals surface area contributed by atoms with Gasteiger partial charge in [-0.3, -0.25) is 0 Å². The minimum absolute atomic E-state index is 0.235. The van der Waals surface area contributed by atoms with Crippen LogP contribution in [0.4, 0.5) is 0 Å². The quantitative estimate of drug-likeness (QED) is 0.594. The van der Waals surface area contributed by atoms with Gasteiger partial charge in [-0.2, -0.15) is 5.10 Å². The summed E-state index contributed by atoms with van der Waals surface area (Å²) in [5, 5.41) is 19.7. The molecule has 0 saturated carbocycles. The molecule has 5 nitrogen and oxygen atoms in total. The Morgan fingerprint density at radius 1 is 1.27 bits per heavy atom. The van der Waals surface area contributed by atoms with E-state index in [1.165, 1.54) is 11.3 Å². The van der Waals surface area contributed by atoms with Gasteiger partial charge in [0.1, 0.15) is 11.5 Å². The van der Waals surface area contributed by atoms with Crippen LogP contribution in [0.25, 0.3) is 0 Å². The summed E-state index contributed by atoms with van der Waals surface area (Å²) in [6, 6.07) is 10.6. The fourth-order valence-corrected chi connectivity index (χ4v) is 2.78. The molecule has 3 rings (SSSR count). The van der Waals surface area contributed by atoms with E-state index in [2.05, 4.69) is 14.8 Å². The summed E-state index contributed by atoms with van der Waals surface area (Å²) >= 11 is 1.54. The molecule has 2 heterocycles. The van der Waals surface area contributed by atoms with Crippen molar-refractivity contribution in [2.45, 2.75) is 13.5 Å². The normalized spacial score (nSPS) is 12.3. The highest BCUT2D eigenvalue weighted by Crippen LogP contribution is 2.08. The maximum Gasteiger partial charge on any atom is 0.211 e. The Hall–Kier alpha value is -2.60. The van der Waals surface area contributed by atoms with E-state index in [4.69, 9.17) is 4.42 Å². The van der Waals surface area contributed by atoms with Crippen molar-refractivity contribution >= 4 is 17.6 Å². The molecule has 2 aromatic heterocycles. The molecule has 6 heteroatoms. The molecule has 22 heavy (non-hydrogen) atoms. The Labute approximate surface area is 131 Å². The average molecular weight is 313 g/mol. The van der Waals surface area contributed by atoms with Crippen molar-refractivity contribution in [2.75, 3.05) is 0 Å². The number of phenolic OH excluding ortho intramolecular Hbond substituents is 1. The van der Waals surface area contributed by atoms with E-state index in [0.717, 1.165) is 21.8 Å². The van der Waals surface area contributed by atoms with Crippen LogP contribution in [0.5, 0.6) is 5.75 Å². The zero-order valence-corrected chi connectivity index (χ0v) is 12.8. The fraction of sp³-hybridized carbons (Fsp3) is 0.125.